The van der Waals surface area contributed by atoms with Crippen molar-refractivity contribution >= 4 is 34.6 Å². The monoisotopic (exact) mass is 442 g/mol. The lowest BCUT2D eigenvalue weighted by atomic mass is 10.3. The van der Waals surface area contributed by atoms with Crippen LogP contribution in [0.1, 0.15) is 24.6 Å². The van der Waals surface area contributed by atoms with Crippen LogP contribution >= 0.6 is 23.6 Å². The molecule has 0 spiro atoms. The SMILES string of the molecule is CCOCCCNC(=O)CNC(=S)N(CCCN1CCOCC1)Cc1cccs1. The number of rotatable bonds is 13. The minimum absolute atomic E-state index is 0.0479. The molecule has 2 N–H and O–H groups in total. The Morgan fingerprint density at radius 1 is 1.34 bits per heavy atom. The minimum atomic E-state index is -0.0479. The van der Waals surface area contributed by atoms with Crippen LogP contribution in [0.3, 0.4) is 0 Å². The van der Waals surface area contributed by atoms with Crippen LogP contribution < -0.4 is 10.6 Å². The van der Waals surface area contributed by atoms with Crippen LogP contribution in [-0.2, 0) is 20.8 Å². The van der Waals surface area contributed by atoms with Gasteiger partial charge >= 0.3 is 0 Å². The lowest BCUT2D eigenvalue weighted by molar-refractivity contribution is -0.120. The lowest BCUT2D eigenvalue weighted by Crippen LogP contribution is -2.45. The minimum Gasteiger partial charge on any atom is -0.382 e. The average Bonchev–Trinajstić information content (AvgIpc) is 3.25. The number of morpholine rings is 1. The van der Waals surface area contributed by atoms with Gasteiger partial charge in [-0.2, -0.15) is 0 Å². The molecule has 0 aliphatic carbocycles. The van der Waals surface area contributed by atoms with Crippen LogP contribution in [0, 0.1) is 0 Å². The van der Waals surface area contributed by atoms with Crippen molar-refractivity contribution in [3.05, 3.63) is 22.4 Å². The summed E-state index contributed by atoms with van der Waals surface area (Å²) in [5.41, 5.74) is 0. The Bertz CT molecular complexity index is 580. The van der Waals surface area contributed by atoms with Gasteiger partial charge in [0.25, 0.3) is 0 Å². The Balaban J connectivity index is 1.72. The van der Waals surface area contributed by atoms with Gasteiger partial charge in [0.1, 0.15) is 0 Å². The summed E-state index contributed by atoms with van der Waals surface area (Å²) in [6, 6.07) is 4.17. The summed E-state index contributed by atoms with van der Waals surface area (Å²) in [6.07, 6.45) is 1.84. The average molecular weight is 443 g/mol. The molecule has 1 aliphatic heterocycles. The van der Waals surface area contributed by atoms with E-state index in [1.807, 2.05) is 6.92 Å². The van der Waals surface area contributed by atoms with Gasteiger partial charge in [-0.05, 0) is 43.4 Å². The summed E-state index contributed by atoms with van der Waals surface area (Å²) in [5, 5.41) is 8.72. The zero-order valence-electron chi connectivity index (χ0n) is 17.4. The Kier molecular flexibility index (Phi) is 12.2. The van der Waals surface area contributed by atoms with E-state index in [1.165, 1.54) is 4.88 Å². The van der Waals surface area contributed by atoms with Crippen molar-refractivity contribution in [2.75, 3.05) is 65.7 Å². The molecule has 0 atom stereocenters. The summed E-state index contributed by atoms with van der Waals surface area (Å²) in [4.78, 5) is 17.9. The summed E-state index contributed by atoms with van der Waals surface area (Å²) < 4.78 is 10.7. The molecule has 1 aromatic heterocycles. The van der Waals surface area contributed by atoms with Crippen molar-refractivity contribution in [1.29, 1.82) is 0 Å². The molecule has 0 unspecified atom stereocenters. The van der Waals surface area contributed by atoms with Crippen molar-refractivity contribution in [1.82, 2.24) is 20.4 Å². The van der Waals surface area contributed by atoms with Gasteiger partial charge in [-0.15, -0.1) is 11.3 Å². The topological polar surface area (TPSA) is 66.1 Å². The first-order valence-electron chi connectivity index (χ1n) is 10.4. The fraction of sp³-hybridized carbons (Fsp3) is 0.700. The number of carbonyl (C=O) groups is 1. The Hall–Kier alpha value is -1.26. The number of ether oxygens (including phenoxy) is 2. The molecule has 9 heteroatoms. The van der Waals surface area contributed by atoms with Crippen molar-refractivity contribution in [3.63, 3.8) is 0 Å². The van der Waals surface area contributed by atoms with E-state index in [4.69, 9.17) is 21.7 Å². The number of amides is 1. The summed E-state index contributed by atoms with van der Waals surface area (Å²) in [5.74, 6) is -0.0479. The second-order valence-electron chi connectivity index (χ2n) is 6.87. The Morgan fingerprint density at radius 3 is 2.90 bits per heavy atom. The zero-order chi connectivity index (χ0) is 20.7. The van der Waals surface area contributed by atoms with Crippen LogP contribution in [-0.4, -0.2) is 86.5 Å². The molecule has 2 rings (SSSR count). The molecule has 0 bridgehead atoms. The maximum Gasteiger partial charge on any atom is 0.239 e. The first-order valence-corrected chi connectivity index (χ1v) is 11.7. The predicted molar refractivity (Wildman–Crippen MR) is 121 cm³/mol. The van der Waals surface area contributed by atoms with E-state index < -0.39 is 0 Å². The summed E-state index contributed by atoms with van der Waals surface area (Å²) in [6.45, 7) is 10.4. The molecule has 1 fully saturated rings. The van der Waals surface area contributed by atoms with Crippen molar-refractivity contribution in [2.24, 2.45) is 0 Å². The highest BCUT2D eigenvalue weighted by atomic mass is 32.1. The largest absolute Gasteiger partial charge is 0.382 e. The number of hydrogen-bond acceptors (Lipinski definition) is 6. The van der Waals surface area contributed by atoms with Gasteiger partial charge in [0.05, 0.1) is 26.3 Å². The van der Waals surface area contributed by atoms with E-state index in [-0.39, 0.29) is 12.5 Å². The first-order chi connectivity index (χ1) is 14.2. The quantitative estimate of drug-likeness (QED) is 0.356. The van der Waals surface area contributed by atoms with Crippen LogP contribution in [0.15, 0.2) is 17.5 Å². The van der Waals surface area contributed by atoms with Gasteiger partial charge in [-0.3, -0.25) is 9.69 Å². The maximum absolute atomic E-state index is 12.0. The van der Waals surface area contributed by atoms with Crippen molar-refractivity contribution in [3.8, 4) is 0 Å². The van der Waals surface area contributed by atoms with Gasteiger partial charge in [0.2, 0.25) is 5.91 Å². The van der Waals surface area contributed by atoms with E-state index in [0.717, 1.165) is 58.8 Å². The lowest BCUT2D eigenvalue weighted by Gasteiger charge is -2.29. The number of hydrogen-bond donors (Lipinski definition) is 2. The second-order valence-corrected chi connectivity index (χ2v) is 8.29. The standard InChI is InChI=1S/C20H34N4O3S2/c1-2-26-12-4-7-21-19(25)16-22-20(28)24(17-18-6-3-15-29-18)9-5-8-23-10-13-27-14-11-23/h3,6,15H,2,4-5,7-14,16-17H2,1H3,(H,21,25)(H,22,28). The van der Waals surface area contributed by atoms with Gasteiger partial charge in [-0.25, -0.2) is 0 Å². The van der Waals surface area contributed by atoms with Crippen LogP contribution in [0.4, 0.5) is 0 Å². The number of nitrogens with one attached hydrogen (secondary N) is 2. The van der Waals surface area contributed by atoms with E-state index in [2.05, 4.69) is 37.9 Å². The highest BCUT2D eigenvalue weighted by molar-refractivity contribution is 7.80. The first kappa shape index (κ1) is 24.0. The molecule has 29 heavy (non-hydrogen) atoms. The fourth-order valence-corrected chi connectivity index (χ4v) is 3.98. The molecule has 0 radical (unpaired) electrons. The third kappa shape index (κ3) is 10.4. The number of carbonyl (C=O) groups excluding carboxylic acids is 1. The van der Waals surface area contributed by atoms with Gasteiger partial charge in [0, 0.05) is 50.8 Å². The van der Waals surface area contributed by atoms with E-state index in [1.54, 1.807) is 11.3 Å². The zero-order valence-corrected chi connectivity index (χ0v) is 19.0. The Labute approximate surface area is 183 Å². The van der Waals surface area contributed by atoms with Crippen molar-refractivity contribution in [2.45, 2.75) is 26.3 Å². The number of thiophene rings is 1. The second kappa shape index (κ2) is 14.7. The van der Waals surface area contributed by atoms with Gasteiger partial charge in [0.15, 0.2) is 5.11 Å². The molecule has 164 valence electrons. The van der Waals surface area contributed by atoms with Crippen molar-refractivity contribution < 1.29 is 14.3 Å². The van der Waals surface area contributed by atoms with Gasteiger partial charge in [-0.1, -0.05) is 6.07 Å². The summed E-state index contributed by atoms with van der Waals surface area (Å²) >= 11 is 7.32. The number of thiocarbonyl (C=S) groups is 1. The van der Waals surface area contributed by atoms with E-state index in [0.29, 0.717) is 24.9 Å². The van der Waals surface area contributed by atoms with E-state index >= 15 is 0 Å². The Morgan fingerprint density at radius 2 is 2.17 bits per heavy atom. The highest BCUT2D eigenvalue weighted by Crippen LogP contribution is 2.12. The molecule has 1 saturated heterocycles. The molecular weight excluding hydrogens is 408 g/mol. The molecule has 1 aromatic rings. The van der Waals surface area contributed by atoms with Gasteiger partial charge < -0.3 is 25.0 Å². The molecular formula is C20H34N4O3S2. The molecule has 2 heterocycles. The smallest absolute Gasteiger partial charge is 0.239 e. The van der Waals surface area contributed by atoms with Crippen LogP contribution in [0.2, 0.25) is 0 Å². The molecule has 1 aliphatic rings. The third-order valence-electron chi connectivity index (χ3n) is 4.61. The maximum atomic E-state index is 12.0. The fourth-order valence-electron chi connectivity index (χ4n) is 3.03. The van der Waals surface area contributed by atoms with E-state index in [9.17, 15) is 4.79 Å². The predicted octanol–water partition coefficient (Wildman–Crippen LogP) is 1.69. The van der Waals surface area contributed by atoms with Crippen LogP contribution in [0.25, 0.3) is 0 Å². The normalized spacial score (nSPS) is 14.5. The highest BCUT2D eigenvalue weighted by Gasteiger charge is 2.14. The van der Waals surface area contributed by atoms with Crippen LogP contribution in [0.5, 0.6) is 0 Å². The number of nitrogens with zero attached hydrogens (tertiary/aromatic N) is 2. The molecule has 0 aromatic carbocycles. The molecule has 1 amide bonds. The third-order valence-corrected chi connectivity index (χ3v) is 5.88. The summed E-state index contributed by atoms with van der Waals surface area (Å²) in [7, 11) is 0. The molecule has 0 saturated carbocycles. The molecule has 7 nitrogen and oxygen atoms in total.